The summed E-state index contributed by atoms with van der Waals surface area (Å²) >= 11 is 0. The molecular weight excluding hydrogens is 302 g/mol. The topological polar surface area (TPSA) is 112 Å². The molecule has 0 spiro atoms. The Morgan fingerprint density at radius 2 is 2.22 bits per heavy atom. The number of nitrogens with zero attached hydrogens (tertiary/aromatic N) is 1. The van der Waals surface area contributed by atoms with Gasteiger partial charge in [-0.25, -0.2) is 4.79 Å². The lowest BCUT2D eigenvalue weighted by molar-refractivity contribution is -0.131. The van der Waals surface area contributed by atoms with Crippen LogP contribution in [0.3, 0.4) is 0 Å². The highest BCUT2D eigenvalue weighted by molar-refractivity contribution is 6.05. The zero-order valence-corrected chi connectivity index (χ0v) is 13.1. The molecule has 3 N–H and O–H groups in total. The van der Waals surface area contributed by atoms with Crippen molar-refractivity contribution in [1.29, 1.82) is 0 Å². The molecule has 2 heterocycles. The van der Waals surface area contributed by atoms with Gasteiger partial charge in [0, 0.05) is 0 Å². The van der Waals surface area contributed by atoms with E-state index in [0.717, 1.165) is 4.90 Å². The molecule has 2 rings (SSSR count). The molecule has 126 valence electrons. The van der Waals surface area contributed by atoms with Gasteiger partial charge in [-0.3, -0.25) is 14.5 Å². The summed E-state index contributed by atoms with van der Waals surface area (Å²) in [5, 5.41) is 14.4. The second-order valence-corrected chi connectivity index (χ2v) is 5.81. The number of rotatable bonds is 7. The van der Waals surface area contributed by atoms with Gasteiger partial charge in [0.1, 0.15) is 11.8 Å². The lowest BCUT2D eigenvalue weighted by Crippen LogP contribution is -2.44. The summed E-state index contributed by atoms with van der Waals surface area (Å²) < 4.78 is 5.12. The first-order valence-corrected chi connectivity index (χ1v) is 7.46. The maximum Gasteiger partial charge on any atom is 0.325 e. The van der Waals surface area contributed by atoms with Crippen LogP contribution in [0.2, 0.25) is 0 Å². The van der Waals surface area contributed by atoms with Crippen molar-refractivity contribution in [2.45, 2.75) is 38.9 Å². The Labute approximate surface area is 133 Å². The molecule has 8 heteroatoms. The maximum absolute atomic E-state index is 12.2. The van der Waals surface area contributed by atoms with Crippen molar-refractivity contribution in [3.8, 4) is 0 Å². The van der Waals surface area contributed by atoms with Crippen molar-refractivity contribution in [2.75, 3.05) is 6.61 Å². The Bertz CT molecular complexity index is 570. The van der Waals surface area contributed by atoms with Crippen LogP contribution in [0.4, 0.5) is 4.79 Å². The van der Waals surface area contributed by atoms with Crippen molar-refractivity contribution in [3.05, 3.63) is 24.2 Å². The number of amides is 4. The lowest BCUT2D eigenvalue weighted by atomic mass is 10.0. The van der Waals surface area contributed by atoms with Crippen molar-refractivity contribution >= 4 is 17.8 Å². The zero-order valence-electron chi connectivity index (χ0n) is 13.1. The van der Waals surface area contributed by atoms with Gasteiger partial charge in [-0.05, 0) is 18.1 Å². The zero-order chi connectivity index (χ0) is 17.0. The predicted molar refractivity (Wildman–Crippen MR) is 80.0 cm³/mol. The SMILES string of the molecule is CC(C)[C@H](CO)NC(=O)C[C@H]1NC(=O)N(Cc2ccco2)C1=O. The van der Waals surface area contributed by atoms with E-state index in [1.165, 1.54) is 6.26 Å². The molecule has 1 fully saturated rings. The number of furan rings is 1. The number of hydrogen-bond donors (Lipinski definition) is 3. The van der Waals surface area contributed by atoms with Crippen LogP contribution in [0.15, 0.2) is 22.8 Å². The number of hydrogen-bond acceptors (Lipinski definition) is 5. The number of aliphatic hydroxyl groups excluding tert-OH is 1. The van der Waals surface area contributed by atoms with Crippen LogP contribution in [0, 0.1) is 5.92 Å². The van der Waals surface area contributed by atoms with E-state index in [1.54, 1.807) is 12.1 Å². The maximum atomic E-state index is 12.2. The number of carbonyl (C=O) groups is 3. The third kappa shape index (κ3) is 4.10. The molecule has 1 aliphatic heterocycles. The monoisotopic (exact) mass is 323 g/mol. The Balaban J connectivity index is 1.92. The fourth-order valence-electron chi connectivity index (χ4n) is 2.30. The first-order chi connectivity index (χ1) is 10.9. The summed E-state index contributed by atoms with van der Waals surface area (Å²) in [6.45, 7) is 3.59. The van der Waals surface area contributed by atoms with Gasteiger partial charge in [-0.2, -0.15) is 0 Å². The van der Waals surface area contributed by atoms with Gasteiger partial charge >= 0.3 is 6.03 Å². The largest absolute Gasteiger partial charge is 0.467 e. The summed E-state index contributed by atoms with van der Waals surface area (Å²) in [5.74, 6) is -0.310. The Morgan fingerprint density at radius 1 is 1.48 bits per heavy atom. The molecule has 1 aromatic rings. The summed E-state index contributed by atoms with van der Waals surface area (Å²) in [7, 11) is 0. The van der Waals surface area contributed by atoms with E-state index in [1.807, 2.05) is 13.8 Å². The molecule has 2 atom stereocenters. The molecule has 8 nitrogen and oxygen atoms in total. The molecule has 4 amide bonds. The number of urea groups is 1. The molecule has 23 heavy (non-hydrogen) atoms. The van der Waals surface area contributed by atoms with Gasteiger partial charge in [0.05, 0.1) is 31.9 Å². The van der Waals surface area contributed by atoms with Crippen molar-refractivity contribution < 1.29 is 23.9 Å². The first-order valence-electron chi connectivity index (χ1n) is 7.46. The summed E-state index contributed by atoms with van der Waals surface area (Å²) in [5.41, 5.74) is 0. The molecule has 1 aromatic heterocycles. The highest BCUT2D eigenvalue weighted by Gasteiger charge is 2.39. The molecule has 0 saturated carbocycles. The molecular formula is C15H21N3O5. The Hall–Kier alpha value is -2.35. The highest BCUT2D eigenvalue weighted by atomic mass is 16.3. The second kappa shape index (κ2) is 7.28. The second-order valence-electron chi connectivity index (χ2n) is 5.81. The van der Waals surface area contributed by atoms with E-state index in [0.29, 0.717) is 5.76 Å². The number of carbonyl (C=O) groups excluding carboxylic acids is 3. The van der Waals surface area contributed by atoms with E-state index in [-0.39, 0.29) is 31.5 Å². The summed E-state index contributed by atoms with van der Waals surface area (Å²) in [4.78, 5) is 37.1. The minimum absolute atomic E-state index is 0.0288. The minimum Gasteiger partial charge on any atom is -0.467 e. The third-order valence-corrected chi connectivity index (χ3v) is 3.74. The lowest BCUT2D eigenvalue weighted by Gasteiger charge is -2.20. The van der Waals surface area contributed by atoms with Gasteiger partial charge < -0.3 is 20.2 Å². The van der Waals surface area contributed by atoms with Crippen LogP contribution in [-0.2, 0) is 16.1 Å². The van der Waals surface area contributed by atoms with E-state index < -0.39 is 23.9 Å². The van der Waals surface area contributed by atoms with E-state index in [4.69, 9.17) is 4.42 Å². The molecule has 1 saturated heterocycles. The quantitative estimate of drug-likeness (QED) is 0.622. The number of nitrogens with one attached hydrogen (secondary N) is 2. The molecule has 0 unspecified atom stereocenters. The predicted octanol–water partition coefficient (Wildman–Crippen LogP) is 0.223. The van der Waals surface area contributed by atoms with Crippen molar-refractivity contribution in [3.63, 3.8) is 0 Å². The van der Waals surface area contributed by atoms with Gasteiger partial charge in [0.2, 0.25) is 5.91 Å². The van der Waals surface area contributed by atoms with Crippen molar-refractivity contribution in [1.82, 2.24) is 15.5 Å². The molecule has 0 aliphatic carbocycles. The van der Waals surface area contributed by atoms with Gasteiger partial charge in [0.15, 0.2) is 0 Å². The molecule has 0 aromatic carbocycles. The average molecular weight is 323 g/mol. The average Bonchev–Trinajstić information content (AvgIpc) is 3.09. The van der Waals surface area contributed by atoms with Crippen LogP contribution in [-0.4, -0.2) is 46.5 Å². The van der Waals surface area contributed by atoms with Crippen LogP contribution in [0.1, 0.15) is 26.0 Å². The van der Waals surface area contributed by atoms with Gasteiger partial charge in [-0.15, -0.1) is 0 Å². The van der Waals surface area contributed by atoms with Gasteiger partial charge in [-0.1, -0.05) is 13.8 Å². The van der Waals surface area contributed by atoms with E-state index >= 15 is 0 Å². The molecule has 0 bridgehead atoms. The standard InChI is InChI=1S/C15H21N3O5/c1-9(2)12(8-19)16-13(20)6-11-14(21)18(15(22)17-11)7-10-4-3-5-23-10/h3-5,9,11-12,19H,6-8H2,1-2H3,(H,16,20)(H,17,22)/t11-,12+/m1/s1. The minimum atomic E-state index is -0.899. The number of imide groups is 1. The Kier molecular flexibility index (Phi) is 5.38. The van der Waals surface area contributed by atoms with Crippen LogP contribution in [0.5, 0.6) is 0 Å². The number of aliphatic hydroxyl groups is 1. The van der Waals surface area contributed by atoms with E-state index in [9.17, 15) is 19.5 Å². The first kappa shape index (κ1) is 17.0. The molecule has 1 aliphatic rings. The summed E-state index contributed by atoms with van der Waals surface area (Å²) in [6.07, 6.45) is 1.29. The van der Waals surface area contributed by atoms with Crippen molar-refractivity contribution in [2.24, 2.45) is 5.92 Å². The molecule has 0 radical (unpaired) electrons. The van der Waals surface area contributed by atoms with E-state index in [2.05, 4.69) is 10.6 Å². The van der Waals surface area contributed by atoms with Gasteiger partial charge in [0.25, 0.3) is 5.91 Å². The Morgan fingerprint density at radius 3 is 2.78 bits per heavy atom. The summed E-state index contributed by atoms with van der Waals surface area (Å²) in [6, 6.07) is 1.50. The fourth-order valence-corrected chi connectivity index (χ4v) is 2.30. The van der Waals surface area contributed by atoms with Crippen LogP contribution >= 0.6 is 0 Å². The van der Waals surface area contributed by atoms with Crippen LogP contribution < -0.4 is 10.6 Å². The normalized spacial score (nSPS) is 19.1. The van der Waals surface area contributed by atoms with Crippen LogP contribution in [0.25, 0.3) is 0 Å². The highest BCUT2D eigenvalue weighted by Crippen LogP contribution is 2.14. The fraction of sp³-hybridized carbons (Fsp3) is 0.533. The third-order valence-electron chi connectivity index (χ3n) is 3.74. The smallest absolute Gasteiger partial charge is 0.325 e.